The molecule has 0 radical (unpaired) electrons. The molecule has 0 saturated carbocycles. The number of fused-ring (bicyclic) bond motifs is 1. The minimum Gasteiger partial charge on any atom is -0.494 e. The van der Waals surface area contributed by atoms with Crippen LogP contribution in [0.15, 0.2) is 18.2 Å². The monoisotopic (exact) mass is 289 g/mol. The fourth-order valence-electron chi connectivity index (χ4n) is 3.13. The minimum absolute atomic E-state index is 0.548. The van der Waals surface area contributed by atoms with Crippen LogP contribution in [-0.2, 0) is 6.42 Å². The lowest BCUT2D eigenvalue weighted by Crippen LogP contribution is -2.25. The Morgan fingerprint density at radius 1 is 1.14 bits per heavy atom. The van der Waals surface area contributed by atoms with Gasteiger partial charge in [-0.25, -0.2) is 0 Å². The number of benzene rings is 1. The van der Waals surface area contributed by atoms with Crippen molar-refractivity contribution in [1.82, 2.24) is 5.32 Å². The van der Waals surface area contributed by atoms with Crippen LogP contribution in [0.5, 0.6) is 5.75 Å². The van der Waals surface area contributed by atoms with Gasteiger partial charge in [-0.1, -0.05) is 39.2 Å². The molecule has 1 atom stereocenters. The molecule has 0 fully saturated rings. The van der Waals surface area contributed by atoms with Crippen molar-refractivity contribution in [2.75, 3.05) is 13.2 Å². The summed E-state index contributed by atoms with van der Waals surface area (Å²) in [7, 11) is 0. The molecule has 1 aromatic rings. The van der Waals surface area contributed by atoms with Crippen LogP contribution in [0.1, 0.15) is 76.0 Å². The molecule has 1 N–H and O–H groups in total. The van der Waals surface area contributed by atoms with Crippen LogP contribution in [0, 0.1) is 0 Å². The Kier molecular flexibility index (Phi) is 7.08. The molecule has 0 amide bonds. The Morgan fingerprint density at radius 2 is 2.05 bits per heavy atom. The lowest BCUT2D eigenvalue weighted by atomic mass is 9.87. The lowest BCUT2D eigenvalue weighted by molar-refractivity contribution is 0.304. The third kappa shape index (κ3) is 5.03. The highest BCUT2D eigenvalue weighted by molar-refractivity contribution is 5.39. The van der Waals surface area contributed by atoms with Gasteiger partial charge in [-0.05, 0) is 61.9 Å². The zero-order valence-electron chi connectivity index (χ0n) is 13.8. The van der Waals surface area contributed by atoms with E-state index in [4.69, 9.17) is 4.74 Å². The summed E-state index contributed by atoms with van der Waals surface area (Å²) < 4.78 is 5.91. The largest absolute Gasteiger partial charge is 0.494 e. The van der Waals surface area contributed by atoms with E-state index in [1.54, 1.807) is 0 Å². The minimum atomic E-state index is 0.548. The van der Waals surface area contributed by atoms with Crippen LogP contribution in [-0.4, -0.2) is 13.2 Å². The predicted octanol–water partition coefficient (Wildman–Crippen LogP) is 5.02. The Balaban J connectivity index is 1.89. The van der Waals surface area contributed by atoms with Gasteiger partial charge in [0.05, 0.1) is 6.61 Å². The fraction of sp³-hybridized carbons (Fsp3) is 0.684. The van der Waals surface area contributed by atoms with Gasteiger partial charge in [0, 0.05) is 6.04 Å². The molecule has 118 valence electrons. The van der Waals surface area contributed by atoms with Gasteiger partial charge >= 0.3 is 0 Å². The maximum absolute atomic E-state index is 5.91. The SMILES string of the molecule is CCCCCCOc1ccc2c(c1)CCCC2NCCC. The second-order valence-corrected chi connectivity index (χ2v) is 6.17. The summed E-state index contributed by atoms with van der Waals surface area (Å²) in [6.07, 6.45) is 10.0. The molecule has 0 spiro atoms. The summed E-state index contributed by atoms with van der Waals surface area (Å²) in [5, 5.41) is 3.67. The third-order valence-corrected chi connectivity index (χ3v) is 4.34. The van der Waals surface area contributed by atoms with Crippen LogP contribution in [0.4, 0.5) is 0 Å². The van der Waals surface area contributed by atoms with Gasteiger partial charge < -0.3 is 10.1 Å². The van der Waals surface area contributed by atoms with Gasteiger partial charge in [-0.15, -0.1) is 0 Å². The number of hydrogen-bond donors (Lipinski definition) is 1. The molecule has 2 heteroatoms. The van der Waals surface area contributed by atoms with Crippen molar-refractivity contribution in [2.45, 2.75) is 71.3 Å². The van der Waals surface area contributed by atoms with Crippen molar-refractivity contribution in [1.29, 1.82) is 0 Å². The third-order valence-electron chi connectivity index (χ3n) is 4.34. The maximum atomic E-state index is 5.91. The smallest absolute Gasteiger partial charge is 0.119 e. The number of aryl methyl sites for hydroxylation is 1. The van der Waals surface area contributed by atoms with Crippen molar-refractivity contribution >= 4 is 0 Å². The summed E-state index contributed by atoms with van der Waals surface area (Å²) in [4.78, 5) is 0. The zero-order valence-corrected chi connectivity index (χ0v) is 13.8. The highest BCUT2D eigenvalue weighted by atomic mass is 16.5. The highest BCUT2D eigenvalue weighted by Gasteiger charge is 2.19. The van der Waals surface area contributed by atoms with Crippen molar-refractivity contribution < 1.29 is 4.74 Å². The molecule has 0 saturated heterocycles. The quantitative estimate of drug-likeness (QED) is 0.644. The number of rotatable bonds is 9. The molecule has 1 unspecified atom stereocenters. The van der Waals surface area contributed by atoms with E-state index in [1.807, 2.05) is 0 Å². The maximum Gasteiger partial charge on any atom is 0.119 e. The summed E-state index contributed by atoms with van der Waals surface area (Å²) in [5.41, 5.74) is 2.98. The molecule has 2 nitrogen and oxygen atoms in total. The Hall–Kier alpha value is -1.02. The zero-order chi connectivity index (χ0) is 14.9. The van der Waals surface area contributed by atoms with E-state index < -0.39 is 0 Å². The van der Waals surface area contributed by atoms with Crippen molar-refractivity contribution in [3.63, 3.8) is 0 Å². The number of unbranched alkanes of at least 4 members (excludes halogenated alkanes) is 3. The molecule has 0 bridgehead atoms. The van der Waals surface area contributed by atoms with Crippen LogP contribution in [0.2, 0.25) is 0 Å². The molecule has 1 aromatic carbocycles. The summed E-state index contributed by atoms with van der Waals surface area (Å²) >= 11 is 0. The molecule has 1 aliphatic rings. The molecule has 0 aliphatic heterocycles. The summed E-state index contributed by atoms with van der Waals surface area (Å²) in [6, 6.07) is 7.26. The first-order valence-corrected chi connectivity index (χ1v) is 8.84. The number of ether oxygens (including phenoxy) is 1. The van der Waals surface area contributed by atoms with E-state index in [-0.39, 0.29) is 0 Å². The second kappa shape index (κ2) is 9.09. The normalized spacial score (nSPS) is 17.5. The summed E-state index contributed by atoms with van der Waals surface area (Å²) in [5.74, 6) is 1.06. The van der Waals surface area contributed by atoms with Gasteiger partial charge in [-0.2, -0.15) is 0 Å². The van der Waals surface area contributed by atoms with Gasteiger partial charge in [0.1, 0.15) is 5.75 Å². The Bertz CT molecular complexity index is 416. The van der Waals surface area contributed by atoms with Crippen LogP contribution >= 0.6 is 0 Å². The van der Waals surface area contributed by atoms with Crippen LogP contribution < -0.4 is 10.1 Å². The van der Waals surface area contributed by atoms with Gasteiger partial charge in [-0.3, -0.25) is 0 Å². The highest BCUT2D eigenvalue weighted by Crippen LogP contribution is 2.32. The average Bonchev–Trinajstić information content (AvgIpc) is 2.52. The number of hydrogen-bond acceptors (Lipinski definition) is 2. The molecular formula is C19H31NO. The first kappa shape index (κ1) is 16.4. The van der Waals surface area contributed by atoms with Gasteiger partial charge in [0.25, 0.3) is 0 Å². The fourth-order valence-corrected chi connectivity index (χ4v) is 3.13. The average molecular weight is 289 g/mol. The van der Waals surface area contributed by atoms with E-state index >= 15 is 0 Å². The Labute approximate surface area is 130 Å². The molecule has 1 aliphatic carbocycles. The van der Waals surface area contributed by atoms with E-state index in [2.05, 4.69) is 37.4 Å². The second-order valence-electron chi connectivity index (χ2n) is 6.17. The molecular weight excluding hydrogens is 258 g/mol. The molecule has 0 heterocycles. The van der Waals surface area contributed by atoms with E-state index in [1.165, 1.54) is 62.5 Å². The van der Waals surface area contributed by atoms with Crippen LogP contribution in [0.25, 0.3) is 0 Å². The predicted molar refractivity (Wildman–Crippen MR) is 90.1 cm³/mol. The van der Waals surface area contributed by atoms with Crippen molar-refractivity contribution in [3.8, 4) is 5.75 Å². The molecule has 0 aromatic heterocycles. The lowest BCUT2D eigenvalue weighted by Gasteiger charge is -2.27. The van der Waals surface area contributed by atoms with E-state index in [9.17, 15) is 0 Å². The first-order valence-electron chi connectivity index (χ1n) is 8.84. The summed E-state index contributed by atoms with van der Waals surface area (Å²) in [6.45, 7) is 6.44. The van der Waals surface area contributed by atoms with Gasteiger partial charge in [0.15, 0.2) is 0 Å². The van der Waals surface area contributed by atoms with E-state index in [0.717, 1.165) is 18.9 Å². The molecule has 21 heavy (non-hydrogen) atoms. The molecule has 2 rings (SSSR count). The van der Waals surface area contributed by atoms with Gasteiger partial charge in [0.2, 0.25) is 0 Å². The van der Waals surface area contributed by atoms with Crippen molar-refractivity contribution in [3.05, 3.63) is 29.3 Å². The van der Waals surface area contributed by atoms with Crippen molar-refractivity contribution in [2.24, 2.45) is 0 Å². The number of nitrogens with one attached hydrogen (secondary N) is 1. The Morgan fingerprint density at radius 3 is 2.86 bits per heavy atom. The van der Waals surface area contributed by atoms with E-state index in [0.29, 0.717) is 6.04 Å². The standard InChI is InChI=1S/C19H31NO/c1-3-5-6-7-14-21-17-11-12-18-16(15-17)9-8-10-19(18)20-13-4-2/h11-12,15,19-20H,3-10,13-14H2,1-2H3. The topological polar surface area (TPSA) is 21.3 Å². The first-order chi connectivity index (χ1) is 10.3. The van der Waals surface area contributed by atoms with Crippen LogP contribution in [0.3, 0.4) is 0 Å².